The quantitative estimate of drug-likeness (QED) is 0.551. The summed E-state index contributed by atoms with van der Waals surface area (Å²) in [5.74, 6) is -2.41. The van der Waals surface area contributed by atoms with Gasteiger partial charge in [-0.3, -0.25) is 14.4 Å². The first-order chi connectivity index (χ1) is 7.20. The summed E-state index contributed by atoms with van der Waals surface area (Å²) in [5, 5.41) is 2.36. The van der Waals surface area contributed by atoms with Crippen LogP contribution in [-0.2, 0) is 9.59 Å². The molecule has 0 saturated carbocycles. The minimum absolute atomic E-state index is 0.0396. The van der Waals surface area contributed by atoms with Crippen molar-refractivity contribution in [3.8, 4) is 0 Å². The van der Waals surface area contributed by atoms with Crippen molar-refractivity contribution < 1.29 is 14.4 Å². The van der Waals surface area contributed by atoms with Crippen molar-refractivity contribution in [1.82, 2.24) is 5.32 Å². The van der Waals surface area contributed by atoms with E-state index >= 15 is 0 Å². The minimum atomic E-state index is -1.15. The summed E-state index contributed by atoms with van der Waals surface area (Å²) in [6.45, 7) is -0.0396. The van der Waals surface area contributed by atoms with Gasteiger partial charge in [0.05, 0.1) is 6.54 Å². The number of hydrogen-bond donors (Lipinski definition) is 1. The maximum Gasteiger partial charge on any atom is 0.238 e. The van der Waals surface area contributed by atoms with Gasteiger partial charge >= 0.3 is 0 Å². The van der Waals surface area contributed by atoms with Crippen molar-refractivity contribution in [2.24, 2.45) is 5.92 Å². The van der Waals surface area contributed by atoms with E-state index in [1.165, 1.54) is 0 Å². The first-order valence-electron chi connectivity index (χ1n) is 4.60. The number of benzene rings is 1. The second-order valence-corrected chi connectivity index (χ2v) is 3.35. The van der Waals surface area contributed by atoms with Crippen LogP contribution in [0.25, 0.3) is 0 Å². The molecule has 2 rings (SSSR count). The molecular weight excluding hydrogens is 194 g/mol. The summed E-state index contributed by atoms with van der Waals surface area (Å²) < 4.78 is 0. The Labute approximate surface area is 86.3 Å². The first kappa shape index (κ1) is 9.58. The smallest absolute Gasteiger partial charge is 0.238 e. The van der Waals surface area contributed by atoms with Gasteiger partial charge in [0.15, 0.2) is 17.5 Å². The van der Waals surface area contributed by atoms with Crippen LogP contribution in [0.15, 0.2) is 30.3 Å². The maximum atomic E-state index is 11.8. The van der Waals surface area contributed by atoms with Crippen molar-refractivity contribution in [2.75, 3.05) is 6.54 Å². The van der Waals surface area contributed by atoms with Gasteiger partial charge in [0.1, 0.15) is 0 Å². The van der Waals surface area contributed by atoms with Crippen molar-refractivity contribution in [2.45, 2.75) is 0 Å². The number of hydrogen-bond acceptors (Lipinski definition) is 3. The highest BCUT2D eigenvalue weighted by atomic mass is 16.2. The molecule has 0 aromatic heterocycles. The molecule has 0 spiro atoms. The van der Waals surface area contributed by atoms with Crippen LogP contribution in [0.2, 0.25) is 0 Å². The fraction of sp³-hybridized carbons (Fsp3) is 0.182. The Balaban J connectivity index is 2.29. The van der Waals surface area contributed by atoms with E-state index in [1.807, 2.05) is 0 Å². The zero-order chi connectivity index (χ0) is 10.8. The molecule has 4 nitrogen and oxygen atoms in total. The molecular formula is C11H9NO3. The van der Waals surface area contributed by atoms with Crippen LogP contribution in [0.5, 0.6) is 0 Å². The number of carbonyl (C=O) groups is 3. The molecule has 15 heavy (non-hydrogen) atoms. The van der Waals surface area contributed by atoms with Crippen LogP contribution in [0.3, 0.4) is 0 Å². The number of rotatable bonds is 2. The molecule has 1 atom stereocenters. The normalized spacial score (nSPS) is 20.1. The first-order valence-corrected chi connectivity index (χ1v) is 4.60. The average Bonchev–Trinajstić information content (AvgIpc) is 2.59. The lowest BCUT2D eigenvalue weighted by molar-refractivity contribution is -0.125. The fourth-order valence-electron chi connectivity index (χ4n) is 1.56. The highest BCUT2D eigenvalue weighted by Gasteiger charge is 2.38. The Kier molecular flexibility index (Phi) is 2.33. The lowest BCUT2D eigenvalue weighted by Crippen LogP contribution is -2.27. The Bertz CT molecular complexity index is 409. The number of carbonyl (C=O) groups excluding carboxylic acids is 3. The molecule has 1 N–H and O–H groups in total. The molecule has 1 aromatic rings. The average molecular weight is 203 g/mol. The number of ketones is 2. The third-order valence-electron chi connectivity index (χ3n) is 2.34. The molecule has 1 fully saturated rings. The molecule has 0 bridgehead atoms. The standard InChI is InChI=1S/C11H9NO3/c13-8-6-12-11(15)9(8)10(14)7-4-2-1-3-5-7/h1-5,9H,6H2,(H,12,15). The van der Waals surface area contributed by atoms with E-state index in [2.05, 4.69) is 5.32 Å². The monoisotopic (exact) mass is 203 g/mol. The summed E-state index contributed by atoms with van der Waals surface area (Å²) in [6.07, 6.45) is 0. The minimum Gasteiger partial charge on any atom is -0.348 e. The molecule has 76 valence electrons. The van der Waals surface area contributed by atoms with Crippen molar-refractivity contribution >= 4 is 17.5 Å². The van der Waals surface area contributed by atoms with E-state index < -0.39 is 17.6 Å². The zero-order valence-corrected chi connectivity index (χ0v) is 7.90. The zero-order valence-electron chi connectivity index (χ0n) is 7.90. The van der Waals surface area contributed by atoms with E-state index in [0.29, 0.717) is 5.56 Å². The maximum absolute atomic E-state index is 11.8. The Morgan fingerprint density at radius 3 is 2.40 bits per heavy atom. The molecule has 1 aromatic carbocycles. The Morgan fingerprint density at radius 1 is 1.20 bits per heavy atom. The largest absolute Gasteiger partial charge is 0.348 e. The molecule has 1 unspecified atom stereocenters. The van der Waals surface area contributed by atoms with Gasteiger partial charge < -0.3 is 5.32 Å². The summed E-state index contributed by atoms with van der Waals surface area (Å²) in [4.78, 5) is 34.3. The van der Waals surface area contributed by atoms with Crippen LogP contribution >= 0.6 is 0 Å². The topological polar surface area (TPSA) is 63.2 Å². The third kappa shape index (κ3) is 1.66. The van der Waals surface area contributed by atoms with Gasteiger partial charge in [-0.15, -0.1) is 0 Å². The molecule has 1 aliphatic rings. The van der Waals surface area contributed by atoms with E-state index in [1.54, 1.807) is 30.3 Å². The summed E-state index contributed by atoms with van der Waals surface area (Å²) in [5.41, 5.74) is 0.396. The van der Waals surface area contributed by atoms with E-state index in [9.17, 15) is 14.4 Å². The number of amides is 1. The van der Waals surface area contributed by atoms with Crippen LogP contribution in [0.1, 0.15) is 10.4 Å². The van der Waals surface area contributed by atoms with Gasteiger partial charge in [0.25, 0.3) is 0 Å². The van der Waals surface area contributed by atoms with E-state index in [-0.39, 0.29) is 12.3 Å². The molecule has 1 heterocycles. The molecule has 1 amide bonds. The predicted octanol–water partition coefficient (Wildman–Crippen LogP) is 0.184. The highest BCUT2D eigenvalue weighted by molar-refractivity contribution is 6.27. The molecule has 1 aliphatic heterocycles. The van der Waals surface area contributed by atoms with Crippen LogP contribution < -0.4 is 5.32 Å². The second kappa shape index (κ2) is 3.65. The van der Waals surface area contributed by atoms with Crippen molar-refractivity contribution in [3.05, 3.63) is 35.9 Å². The summed E-state index contributed by atoms with van der Waals surface area (Å²) in [6, 6.07) is 8.37. The van der Waals surface area contributed by atoms with Gasteiger partial charge in [-0.1, -0.05) is 30.3 Å². The second-order valence-electron chi connectivity index (χ2n) is 3.35. The van der Waals surface area contributed by atoms with Gasteiger partial charge in [-0.2, -0.15) is 0 Å². The third-order valence-corrected chi connectivity index (χ3v) is 2.34. The number of Topliss-reactive ketones (excluding diaryl/α,β-unsaturated/α-hetero) is 2. The molecule has 0 aliphatic carbocycles. The Hall–Kier alpha value is -1.97. The predicted molar refractivity (Wildman–Crippen MR) is 52.3 cm³/mol. The molecule has 1 saturated heterocycles. The van der Waals surface area contributed by atoms with Gasteiger partial charge in [0, 0.05) is 5.56 Å². The van der Waals surface area contributed by atoms with Crippen LogP contribution in [-0.4, -0.2) is 24.0 Å². The molecule has 0 radical (unpaired) electrons. The summed E-state index contributed by atoms with van der Waals surface area (Å²) in [7, 11) is 0. The van der Waals surface area contributed by atoms with Gasteiger partial charge in [-0.05, 0) is 0 Å². The highest BCUT2D eigenvalue weighted by Crippen LogP contribution is 2.13. The molecule has 4 heteroatoms. The van der Waals surface area contributed by atoms with Crippen molar-refractivity contribution in [1.29, 1.82) is 0 Å². The lowest BCUT2D eigenvalue weighted by Gasteiger charge is -2.03. The van der Waals surface area contributed by atoms with Crippen LogP contribution in [0, 0.1) is 5.92 Å². The van der Waals surface area contributed by atoms with Crippen molar-refractivity contribution in [3.63, 3.8) is 0 Å². The summed E-state index contributed by atoms with van der Waals surface area (Å²) >= 11 is 0. The fourth-order valence-corrected chi connectivity index (χ4v) is 1.56. The van der Waals surface area contributed by atoms with E-state index in [0.717, 1.165) is 0 Å². The lowest BCUT2D eigenvalue weighted by atomic mass is 9.95. The van der Waals surface area contributed by atoms with Gasteiger partial charge in [-0.25, -0.2) is 0 Å². The van der Waals surface area contributed by atoms with E-state index in [4.69, 9.17) is 0 Å². The van der Waals surface area contributed by atoms with Crippen LogP contribution in [0.4, 0.5) is 0 Å². The Morgan fingerprint density at radius 2 is 1.87 bits per heavy atom. The van der Waals surface area contributed by atoms with Gasteiger partial charge in [0.2, 0.25) is 5.91 Å². The SMILES string of the molecule is O=C1CNC(=O)C1C(=O)c1ccccc1. The number of nitrogens with one attached hydrogen (secondary N) is 1.